The summed E-state index contributed by atoms with van der Waals surface area (Å²) in [6.45, 7) is 0.183. The number of benzene rings is 2. The molecule has 0 aliphatic rings. The van der Waals surface area contributed by atoms with E-state index in [1.54, 1.807) is 18.2 Å². The van der Waals surface area contributed by atoms with Crippen LogP contribution >= 0.6 is 15.9 Å². The van der Waals surface area contributed by atoms with Crippen LogP contribution in [0.4, 0.5) is 0 Å². The third kappa shape index (κ3) is 2.57. The number of halogens is 1. The summed E-state index contributed by atoms with van der Waals surface area (Å²) in [5.74, 6) is 0.531. The molecule has 105 valence electrons. The molecule has 0 saturated heterocycles. The molecule has 0 atom stereocenters. The van der Waals surface area contributed by atoms with Crippen LogP contribution in [-0.2, 0) is 6.61 Å². The zero-order chi connectivity index (χ0) is 14.8. The van der Waals surface area contributed by atoms with E-state index in [4.69, 9.17) is 10.5 Å². The molecule has 3 rings (SSSR count). The van der Waals surface area contributed by atoms with Gasteiger partial charge in [-0.3, -0.25) is 4.79 Å². The van der Waals surface area contributed by atoms with Gasteiger partial charge in [0, 0.05) is 5.39 Å². The van der Waals surface area contributed by atoms with Crippen LogP contribution in [0.3, 0.4) is 0 Å². The van der Waals surface area contributed by atoms with Crippen molar-refractivity contribution in [2.24, 2.45) is 5.73 Å². The number of carbonyl (C=O) groups is 1. The lowest BCUT2D eigenvalue weighted by atomic mass is 10.0. The molecule has 0 spiro atoms. The van der Waals surface area contributed by atoms with Crippen molar-refractivity contribution < 1.29 is 9.53 Å². The van der Waals surface area contributed by atoms with Gasteiger partial charge in [-0.15, -0.1) is 10.2 Å². The van der Waals surface area contributed by atoms with Gasteiger partial charge in [0.2, 0.25) is 11.7 Å². The van der Waals surface area contributed by atoms with Crippen molar-refractivity contribution in [3.63, 3.8) is 0 Å². The highest BCUT2D eigenvalue weighted by atomic mass is 79.9. The number of ether oxygens (including phenoxy) is 1. The van der Waals surface area contributed by atoms with Gasteiger partial charge in [-0.1, -0.05) is 17.3 Å². The largest absolute Gasteiger partial charge is 0.484 e. The highest BCUT2D eigenvalue weighted by Crippen LogP contribution is 2.34. The summed E-state index contributed by atoms with van der Waals surface area (Å²) in [5.41, 5.74) is 5.69. The van der Waals surface area contributed by atoms with Crippen LogP contribution in [0.1, 0.15) is 16.2 Å². The lowest BCUT2D eigenvalue weighted by Gasteiger charge is -2.10. The molecule has 0 fully saturated rings. The Morgan fingerprint density at radius 2 is 2.24 bits per heavy atom. The highest BCUT2D eigenvalue weighted by Gasteiger charge is 2.12. The molecule has 0 saturated carbocycles. The average Bonchev–Trinajstić information content (AvgIpc) is 2.99. The SMILES string of the molecule is NC(=O)c1[c]ccc2c(Br)c(OCc3nn[nH]n3)ccc12. The van der Waals surface area contributed by atoms with Crippen molar-refractivity contribution in [3.05, 3.63) is 46.2 Å². The summed E-state index contributed by atoms with van der Waals surface area (Å²) >= 11 is 3.47. The van der Waals surface area contributed by atoms with Gasteiger partial charge in [0.25, 0.3) is 0 Å². The molecule has 0 aliphatic carbocycles. The van der Waals surface area contributed by atoms with E-state index in [1.165, 1.54) is 0 Å². The second kappa shape index (κ2) is 5.49. The summed E-state index contributed by atoms with van der Waals surface area (Å²) in [7, 11) is 0. The number of nitrogens with zero attached hydrogens (tertiary/aromatic N) is 3. The first-order chi connectivity index (χ1) is 10.2. The number of hydrogen-bond acceptors (Lipinski definition) is 5. The second-order valence-corrected chi connectivity index (χ2v) is 4.97. The summed E-state index contributed by atoms with van der Waals surface area (Å²) in [6, 6.07) is 9.83. The van der Waals surface area contributed by atoms with E-state index in [1.807, 2.05) is 6.07 Å². The number of carbonyl (C=O) groups excluding carboxylic acids is 1. The van der Waals surface area contributed by atoms with Crippen molar-refractivity contribution >= 4 is 32.6 Å². The van der Waals surface area contributed by atoms with E-state index in [9.17, 15) is 4.79 Å². The molecule has 21 heavy (non-hydrogen) atoms. The fourth-order valence-corrected chi connectivity index (χ4v) is 2.53. The van der Waals surface area contributed by atoms with Crippen LogP contribution in [0.2, 0.25) is 0 Å². The van der Waals surface area contributed by atoms with E-state index in [2.05, 4.69) is 42.6 Å². The number of amides is 1. The molecular weight excluding hydrogens is 338 g/mol. The molecule has 1 heterocycles. The molecule has 8 heteroatoms. The van der Waals surface area contributed by atoms with E-state index in [-0.39, 0.29) is 6.61 Å². The molecule has 7 nitrogen and oxygen atoms in total. The summed E-state index contributed by atoms with van der Waals surface area (Å²) in [4.78, 5) is 11.4. The van der Waals surface area contributed by atoms with Crippen molar-refractivity contribution in [2.75, 3.05) is 0 Å². The van der Waals surface area contributed by atoms with Gasteiger partial charge in [-0.2, -0.15) is 5.21 Å². The van der Waals surface area contributed by atoms with Crippen LogP contribution in [0, 0.1) is 6.07 Å². The lowest BCUT2D eigenvalue weighted by Crippen LogP contribution is -2.11. The van der Waals surface area contributed by atoms with Crippen molar-refractivity contribution in [1.29, 1.82) is 0 Å². The maximum Gasteiger partial charge on any atom is 0.249 e. The molecule has 2 aromatic carbocycles. The minimum absolute atomic E-state index is 0.183. The van der Waals surface area contributed by atoms with Gasteiger partial charge in [-0.05, 0) is 39.5 Å². The van der Waals surface area contributed by atoms with E-state index < -0.39 is 5.91 Å². The summed E-state index contributed by atoms with van der Waals surface area (Å²) in [6.07, 6.45) is 0. The topological polar surface area (TPSA) is 107 Å². The van der Waals surface area contributed by atoms with Gasteiger partial charge >= 0.3 is 0 Å². The quantitative estimate of drug-likeness (QED) is 0.745. The number of hydrogen-bond donors (Lipinski definition) is 2. The predicted octanol–water partition coefficient (Wildman–Crippen LogP) is 1.59. The molecule has 3 N–H and O–H groups in total. The molecule has 1 aromatic heterocycles. The van der Waals surface area contributed by atoms with Crippen LogP contribution in [-0.4, -0.2) is 26.5 Å². The summed E-state index contributed by atoms with van der Waals surface area (Å²) < 4.78 is 6.35. The Labute approximate surface area is 127 Å². The molecule has 0 bridgehead atoms. The maximum absolute atomic E-state index is 11.4. The number of nitrogens with one attached hydrogen (secondary N) is 1. The number of rotatable bonds is 4. The van der Waals surface area contributed by atoms with Gasteiger partial charge in [0.1, 0.15) is 5.75 Å². The van der Waals surface area contributed by atoms with Crippen LogP contribution in [0.25, 0.3) is 10.8 Å². The highest BCUT2D eigenvalue weighted by molar-refractivity contribution is 9.10. The minimum atomic E-state index is -0.520. The fraction of sp³-hybridized carbons (Fsp3) is 0.0769. The number of tetrazole rings is 1. The van der Waals surface area contributed by atoms with E-state index >= 15 is 0 Å². The number of aromatic nitrogens is 4. The smallest absolute Gasteiger partial charge is 0.249 e. The normalized spacial score (nSPS) is 10.7. The van der Waals surface area contributed by atoms with Crippen molar-refractivity contribution in [2.45, 2.75) is 6.61 Å². The predicted molar refractivity (Wildman–Crippen MR) is 77.5 cm³/mol. The van der Waals surface area contributed by atoms with Crippen LogP contribution in [0.15, 0.2) is 28.7 Å². The monoisotopic (exact) mass is 346 g/mol. The number of nitrogens with two attached hydrogens (primary N) is 1. The number of H-pyrrole nitrogens is 1. The molecule has 3 aromatic rings. The Morgan fingerprint density at radius 3 is 2.95 bits per heavy atom. The number of aromatic amines is 1. The van der Waals surface area contributed by atoms with E-state index in [0.29, 0.717) is 22.5 Å². The first-order valence-corrected chi connectivity index (χ1v) is 6.74. The fourth-order valence-electron chi connectivity index (χ4n) is 1.94. The maximum atomic E-state index is 11.4. The zero-order valence-electron chi connectivity index (χ0n) is 10.6. The standard InChI is InChI=1S/C13H9BrN5O2/c14-12-8-2-1-3-9(13(15)20)7(8)4-5-10(12)21-6-11-16-18-19-17-11/h1-2,4-5H,6H2,(H2,15,20)(H,16,17,18,19). The number of fused-ring (bicyclic) bond motifs is 1. The van der Waals surface area contributed by atoms with E-state index in [0.717, 1.165) is 9.86 Å². The van der Waals surface area contributed by atoms with Gasteiger partial charge in [0.05, 0.1) is 10.0 Å². The summed E-state index contributed by atoms with van der Waals surface area (Å²) in [5, 5.41) is 14.9. The van der Waals surface area contributed by atoms with Crippen LogP contribution in [0.5, 0.6) is 5.75 Å². The first kappa shape index (κ1) is 13.5. The van der Waals surface area contributed by atoms with Gasteiger partial charge in [-0.25, -0.2) is 0 Å². The average molecular weight is 347 g/mol. The van der Waals surface area contributed by atoms with Gasteiger partial charge < -0.3 is 10.5 Å². The second-order valence-electron chi connectivity index (χ2n) is 4.17. The third-order valence-electron chi connectivity index (χ3n) is 2.88. The molecular formula is C13H9BrN5O2. The minimum Gasteiger partial charge on any atom is -0.484 e. The molecule has 0 unspecified atom stereocenters. The van der Waals surface area contributed by atoms with Gasteiger partial charge in [0.15, 0.2) is 6.61 Å². The van der Waals surface area contributed by atoms with Crippen molar-refractivity contribution in [1.82, 2.24) is 20.6 Å². The lowest BCUT2D eigenvalue weighted by molar-refractivity contribution is 0.100. The Balaban J connectivity index is 1.98. The zero-order valence-corrected chi connectivity index (χ0v) is 12.2. The van der Waals surface area contributed by atoms with Crippen LogP contribution < -0.4 is 10.5 Å². The Morgan fingerprint density at radius 1 is 1.38 bits per heavy atom. The third-order valence-corrected chi connectivity index (χ3v) is 3.70. The molecule has 0 aliphatic heterocycles. The molecule has 1 amide bonds. The Hall–Kier alpha value is -2.48. The van der Waals surface area contributed by atoms with Crippen molar-refractivity contribution in [3.8, 4) is 5.75 Å². The number of primary amides is 1. The first-order valence-electron chi connectivity index (χ1n) is 5.94. The molecule has 1 radical (unpaired) electrons. The Kier molecular flexibility index (Phi) is 3.53. The Bertz CT molecular complexity index is 804.